The highest BCUT2D eigenvalue weighted by Crippen LogP contribution is 2.34. The van der Waals surface area contributed by atoms with E-state index in [1.165, 1.54) is 7.05 Å². The summed E-state index contributed by atoms with van der Waals surface area (Å²) < 4.78 is 4.73. The minimum atomic E-state index is -0.604. The maximum absolute atomic E-state index is 12.1. The third-order valence-electron chi connectivity index (χ3n) is 3.78. The van der Waals surface area contributed by atoms with Gasteiger partial charge in [-0.05, 0) is 12.8 Å². The molecule has 1 N–H and O–H groups in total. The van der Waals surface area contributed by atoms with Crippen LogP contribution in [0.25, 0.3) is 0 Å². The molecule has 0 spiro atoms. The molecule has 2 atom stereocenters. The van der Waals surface area contributed by atoms with Gasteiger partial charge in [-0.15, -0.1) is 0 Å². The summed E-state index contributed by atoms with van der Waals surface area (Å²) in [6, 6.07) is 0. The highest BCUT2D eigenvalue weighted by Gasteiger charge is 2.46. The summed E-state index contributed by atoms with van der Waals surface area (Å²) in [5.74, 6) is -2.02. The molecule has 1 fully saturated rings. The highest BCUT2D eigenvalue weighted by molar-refractivity contribution is 6.05. The van der Waals surface area contributed by atoms with Crippen LogP contribution in [0.15, 0.2) is 12.2 Å². The lowest BCUT2D eigenvalue weighted by molar-refractivity contribution is -0.149. The Kier molecular flexibility index (Phi) is 4.72. The van der Waals surface area contributed by atoms with E-state index in [9.17, 15) is 19.2 Å². The van der Waals surface area contributed by atoms with Gasteiger partial charge in [-0.2, -0.15) is 0 Å². The molecular weight excluding hydrogens is 276 g/mol. The van der Waals surface area contributed by atoms with Crippen molar-refractivity contribution in [2.45, 2.75) is 19.3 Å². The molecule has 0 aromatic carbocycles. The molecule has 0 unspecified atom stereocenters. The average Bonchev–Trinajstić information content (AvgIpc) is 2.75. The van der Waals surface area contributed by atoms with E-state index in [-0.39, 0.29) is 43.2 Å². The molecule has 1 heterocycles. The van der Waals surface area contributed by atoms with Gasteiger partial charge in [0.2, 0.25) is 11.8 Å². The smallest absolute Gasteiger partial charge is 0.308 e. The number of imide groups is 1. The third-order valence-corrected chi connectivity index (χ3v) is 3.78. The highest BCUT2D eigenvalue weighted by atomic mass is 16.5. The van der Waals surface area contributed by atoms with Crippen molar-refractivity contribution < 1.29 is 23.9 Å². The molecule has 7 heteroatoms. The summed E-state index contributed by atoms with van der Waals surface area (Å²) in [4.78, 5) is 47.8. The van der Waals surface area contributed by atoms with Gasteiger partial charge >= 0.3 is 5.97 Å². The van der Waals surface area contributed by atoms with Crippen molar-refractivity contribution in [2.75, 3.05) is 20.2 Å². The largest absolute Gasteiger partial charge is 0.456 e. The fourth-order valence-corrected chi connectivity index (χ4v) is 2.58. The molecule has 3 amide bonds. The number of carbonyl (C=O) groups excluding carboxylic acids is 4. The van der Waals surface area contributed by atoms with Crippen LogP contribution in [-0.2, 0) is 23.9 Å². The lowest BCUT2D eigenvalue weighted by Crippen LogP contribution is -2.34. The van der Waals surface area contributed by atoms with Crippen molar-refractivity contribution in [1.82, 2.24) is 10.2 Å². The normalized spacial score (nSPS) is 24.0. The van der Waals surface area contributed by atoms with Crippen LogP contribution < -0.4 is 5.32 Å². The zero-order valence-corrected chi connectivity index (χ0v) is 11.8. The van der Waals surface area contributed by atoms with Gasteiger partial charge in [-0.1, -0.05) is 12.2 Å². The Labute approximate surface area is 122 Å². The van der Waals surface area contributed by atoms with Crippen molar-refractivity contribution in [3.05, 3.63) is 12.2 Å². The number of esters is 1. The molecule has 7 nitrogen and oxygen atoms in total. The number of nitrogens with zero attached hydrogens (tertiary/aromatic N) is 1. The zero-order chi connectivity index (χ0) is 15.4. The fourth-order valence-electron chi connectivity index (χ4n) is 2.58. The molecule has 21 heavy (non-hydrogen) atoms. The first-order valence-corrected chi connectivity index (χ1v) is 6.91. The van der Waals surface area contributed by atoms with E-state index in [4.69, 9.17) is 4.74 Å². The average molecular weight is 294 g/mol. The van der Waals surface area contributed by atoms with Gasteiger partial charge in [-0.3, -0.25) is 24.1 Å². The Morgan fingerprint density at radius 3 is 2.33 bits per heavy atom. The van der Waals surface area contributed by atoms with E-state index < -0.39 is 11.9 Å². The van der Waals surface area contributed by atoms with Crippen LogP contribution in [0.4, 0.5) is 0 Å². The van der Waals surface area contributed by atoms with Gasteiger partial charge in [0.05, 0.1) is 18.3 Å². The monoisotopic (exact) mass is 294 g/mol. The van der Waals surface area contributed by atoms with Crippen molar-refractivity contribution in [3.8, 4) is 0 Å². The van der Waals surface area contributed by atoms with E-state index in [0.717, 1.165) is 4.90 Å². The van der Waals surface area contributed by atoms with Gasteiger partial charge in [0, 0.05) is 13.6 Å². The van der Waals surface area contributed by atoms with Crippen LogP contribution in [-0.4, -0.2) is 48.8 Å². The lowest BCUT2D eigenvalue weighted by atomic mass is 9.85. The van der Waals surface area contributed by atoms with E-state index in [1.54, 1.807) is 0 Å². The Hall–Kier alpha value is -2.18. The number of hydrogen-bond donors (Lipinski definition) is 1. The minimum absolute atomic E-state index is 0.0112. The van der Waals surface area contributed by atoms with Gasteiger partial charge in [0.15, 0.2) is 6.61 Å². The number of fused-ring (bicyclic) bond motifs is 1. The minimum Gasteiger partial charge on any atom is -0.456 e. The second-order valence-electron chi connectivity index (χ2n) is 5.07. The first-order valence-electron chi connectivity index (χ1n) is 6.91. The van der Waals surface area contributed by atoms with Crippen LogP contribution in [0.5, 0.6) is 0 Å². The number of amides is 3. The summed E-state index contributed by atoms with van der Waals surface area (Å²) in [6.45, 7) is -0.344. The SMILES string of the molecule is CNC(=O)COC(=O)CCN1C(=O)[C@@H]2CC=CC[C@H]2C1=O. The maximum atomic E-state index is 12.1. The Balaban J connectivity index is 1.83. The van der Waals surface area contributed by atoms with Crippen LogP contribution in [0.3, 0.4) is 0 Å². The van der Waals surface area contributed by atoms with Crippen molar-refractivity contribution in [3.63, 3.8) is 0 Å². The number of likely N-dealkylation sites (tertiary alicyclic amines) is 1. The van der Waals surface area contributed by atoms with Gasteiger partial charge in [0.1, 0.15) is 0 Å². The quantitative estimate of drug-likeness (QED) is 0.424. The number of hydrogen-bond acceptors (Lipinski definition) is 5. The third kappa shape index (κ3) is 3.29. The lowest BCUT2D eigenvalue weighted by Gasteiger charge is -2.14. The molecule has 1 aliphatic heterocycles. The molecule has 0 aromatic heterocycles. The van der Waals surface area contributed by atoms with Gasteiger partial charge in [-0.25, -0.2) is 0 Å². The number of rotatable bonds is 5. The van der Waals surface area contributed by atoms with Crippen molar-refractivity contribution >= 4 is 23.7 Å². The first kappa shape index (κ1) is 15.2. The molecule has 0 aromatic rings. The van der Waals surface area contributed by atoms with Crippen LogP contribution in [0.1, 0.15) is 19.3 Å². The summed E-state index contributed by atoms with van der Waals surface area (Å²) in [5.41, 5.74) is 0. The second-order valence-corrected chi connectivity index (χ2v) is 5.07. The zero-order valence-electron chi connectivity index (χ0n) is 11.8. The van der Waals surface area contributed by atoms with Crippen molar-refractivity contribution in [2.24, 2.45) is 11.8 Å². The van der Waals surface area contributed by atoms with Crippen molar-refractivity contribution in [1.29, 1.82) is 0 Å². The number of likely N-dealkylation sites (N-methyl/N-ethyl adjacent to an activating group) is 1. The number of nitrogens with one attached hydrogen (secondary N) is 1. The predicted molar refractivity (Wildman–Crippen MR) is 71.7 cm³/mol. The summed E-state index contributed by atoms with van der Waals surface area (Å²) in [7, 11) is 1.44. The molecule has 0 radical (unpaired) electrons. The summed E-state index contributed by atoms with van der Waals surface area (Å²) in [5, 5.41) is 2.32. The molecule has 0 saturated carbocycles. The summed E-state index contributed by atoms with van der Waals surface area (Å²) in [6.07, 6.45) is 4.88. The maximum Gasteiger partial charge on any atom is 0.308 e. The topological polar surface area (TPSA) is 92.8 Å². The van der Waals surface area contributed by atoms with E-state index in [0.29, 0.717) is 12.8 Å². The molecule has 0 bridgehead atoms. The Morgan fingerprint density at radius 1 is 1.24 bits per heavy atom. The first-order chi connectivity index (χ1) is 10.0. The molecule has 1 saturated heterocycles. The van der Waals surface area contributed by atoms with Crippen LogP contribution in [0.2, 0.25) is 0 Å². The van der Waals surface area contributed by atoms with Crippen LogP contribution >= 0.6 is 0 Å². The van der Waals surface area contributed by atoms with Gasteiger partial charge in [0.25, 0.3) is 5.91 Å². The molecule has 2 aliphatic rings. The number of ether oxygens (including phenoxy) is 1. The molecule has 2 rings (SSSR count). The van der Waals surface area contributed by atoms with E-state index in [2.05, 4.69) is 5.32 Å². The Morgan fingerprint density at radius 2 is 1.81 bits per heavy atom. The standard InChI is InChI=1S/C14H18N2O5/c1-15-11(17)8-21-12(18)6-7-16-13(19)9-4-2-3-5-10(9)14(16)20/h2-3,9-10H,4-8H2,1H3,(H,15,17)/t9-,10-/m1/s1. The summed E-state index contributed by atoms with van der Waals surface area (Å²) >= 11 is 0. The number of allylic oxidation sites excluding steroid dienone is 2. The molecular formula is C14H18N2O5. The molecule has 1 aliphatic carbocycles. The fraction of sp³-hybridized carbons (Fsp3) is 0.571. The van der Waals surface area contributed by atoms with E-state index in [1.807, 2.05) is 12.2 Å². The second kappa shape index (κ2) is 6.51. The van der Waals surface area contributed by atoms with Gasteiger partial charge < -0.3 is 10.1 Å². The number of carbonyl (C=O) groups is 4. The van der Waals surface area contributed by atoms with E-state index >= 15 is 0 Å². The van der Waals surface area contributed by atoms with Crippen LogP contribution in [0, 0.1) is 11.8 Å². The Bertz CT molecular complexity index is 474. The molecule has 114 valence electrons. The predicted octanol–water partition coefficient (Wildman–Crippen LogP) is -0.383.